The summed E-state index contributed by atoms with van der Waals surface area (Å²) in [4.78, 5) is 12.5. The quantitative estimate of drug-likeness (QED) is 0.436. The lowest BCUT2D eigenvalue weighted by Crippen LogP contribution is -2.30. The van der Waals surface area contributed by atoms with Crippen molar-refractivity contribution in [3.8, 4) is 28.6 Å². The highest BCUT2D eigenvalue weighted by molar-refractivity contribution is 8.00. The fourth-order valence-corrected chi connectivity index (χ4v) is 3.76. The van der Waals surface area contributed by atoms with Crippen LogP contribution in [0.15, 0.2) is 47.6 Å². The van der Waals surface area contributed by atoms with E-state index in [9.17, 15) is 4.79 Å². The number of carbonyl (C=O) groups is 1. The molecule has 3 aromatic rings. The van der Waals surface area contributed by atoms with Crippen molar-refractivity contribution in [2.45, 2.75) is 23.9 Å². The minimum atomic E-state index is -0.420. The number of carbonyl (C=O) groups excluding carboxylic acids is 1. The van der Waals surface area contributed by atoms with E-state index in [0.29, 0.717) is 34.8 Å². The van der Waals surface area contributed by atoms with Crippen molar-refractivity contribution in [1.29, 1.82) is 0 Å². The lowest BCUT2D eigenvalue weighted by Gasteiger charge is -2.12. The van der Waals surface area contributed by atoms with Crippen molar-refractivity contribution in [2.75, 3.05) is 19.7 Å². The van der Waals surface area contributed by atoms with Crippen molar-refractivity contribution < 1.29 is 19.0 Å². The molecule has 0 aliphatic carbocycles. The molecule has 0 bridgehead atoms. The van der Waals surface area contributed by atoms with Crippen LogP contribution in [0, 0.1) is 0 Å². The van der Waals surface area contributed by atoms with Gasteiger partial charge < -0.3 is 25.4 Å². The van der Waals surface area contributed by atoms with Crippen LogP contribution in [0.4, 0.5) is 0 Å². The summed E-state index contributed by atoms with van der Waals surface area (Å²) in [7, 11) is 1.58. The standard InChI is InChI=1S/C20H21N5O4S/c1-12(19(26)22-10-13-7-8-16-17(9-13)29-11-28-16)30-20-24-23-18(25(20)21)14-5-3-4-6-15(14)27-2/h3-9,12H,10-11,21H2,1-2H3,(H,22,26). The van der Waals surface area contributed by atoms with E-state index in [4.69, 9.17) is 20.1 Å². The largest absolute Gasteiger partial charge is 0.496 e. The molecule has 1 aliphatic rings. The lowest BCUT2D eigenvalue weighted by atomic mass is 10.2. The van der Waals surface area contributed by atoms with Gasteiger partial charge in [-0.25, -0.2) is 4.68 Å². The Morgan fingerprint density at radius 2 is 2.07 bits per heavy atom. The maximum atomic E-state index is 12.5. The first-order valence-electron chi connectivity index (χ1n) is 9.23. The number of para-hydroxylation sites is 1. The van der Waals surface area contributed by atoms with Gasteiger partial charge in [0.2, 0.25) is 17.9 Å². The summed E-state index contributed by atoms with van der Waals surface area (Å²) >= 11 is 1.23. The highest BCUT2D eigenvalue weighted by atomic mass is 32.2. The lowest BCUT2D eigenvalue weighted by molar-refractivity contribution is -0.120. The maximum absolute atomic E-state index is 12.5. The molecule has 0 saturated carbocycles. The summed E-state index contributed by atoms with van der Waals surface area (Å²) in [5.74, 6) is 8.54. The third-order valence-electron chi connectivity index (χ3n) is 4.57. The molecule has 156 valence electrons. The van der Waals surface area contributed by atoms with Crippen LogP contribution in [0.2, 0.25) is 0 Å². The van der Waals surface area contributed by atoms with E-state index < -0.39 is 5.25 Å². The van der Waals surface area contributed by atoms with Gasteiger partial charge in [0.1, 0.15) is 5.75 Å². The minimum absolute atomic E-state index is 0.139. The number of aromatic nitrogens is 3. The second kappa shape index (κ2) is 8.54. The highest BCUT2D eigenvalue weighted by Gasteiger charge is 2.21. The number of ether oxygens (including phenoxy) is 3. The number of hydrogen-bond acceptors (Lipinski definition) is 8. The first-order chi connectivity index (χ1) is 14.6. The summed E-state index contributed by atoms with van der Waals surface area (Å²) in [6, 6.07) is 13.0. The van der Waals surface area contributed by atoms with Gasteiger partial charge in [0, 0.05) is 6.54 Å². The van der Waals surface area contributed by atoms with E-state index in [1.165, 1.54) is 16.4 Å². The molecular formula is C20H21N5O4S. The van der Waals surface area contributed by atoms with Crippen LogP contribution in [0.25, 0.3) is 11.4 Å². The predicted molar refractivity (Wildman–Crippen MR) is 112 cm³/mol. The van der Waals surface area contributed by atoms with Crippen LogP contribution in [0.5, 0.6) is 17.2 Å². The molecule has 1 aromatic heterocycles. The number of benzene rings is 2. The van der Waals surface area contributed by atoms with Crippen molar-refractivity contribution in [3.05, 3.63) is 48.0 Å². The Balaban J connectivity index is 1.39. The van der Waals surface area contributed by atoms with Gasteiger partial charge in [-0.1, -0.05) is 30.0 Å². The second-order valence-electron chi connectivity index (χ2n) is 6.54. The van der Waals surface area contributed by atoms with E-state index in [2.05, 4.69) is 15.5 Å². The van der Waals surface area contributed by atoms with Gasteiger partial charge in [0.05, 0.1) is 17.9 Å². The number of thioether (sulfide) groups is 1. The summed E-state index contributed by atoms with van der Waals surface area (Å²) in [6.07, 6.45) is 0. The van der Waals surface area contributed by atoms with Crippen molar-refractivity contribution >= 4 is 17.7 Å². The van der Waals surface area contributed by atoms with Crippen LogP contribution in [-0.4, -0.2) is 39.9 Å². The molecule has 10 heteroatoms. The van der Waals surface area contributed by atoms with Crippen molar-refractivity contribution in [1.82, 2.24) is 20.2 Å². The topological polar surface area (TPSA) is 114 Å². The van der Waals surface area contributed by atoms with E-state index in [1.807, 2.05) is 42.5 Å². The zero-order valence-electron chi connectivity index (χ0n) is 16.5. The van der Waals surface area contributed by atoms with Crippen LogP contribution < -0.4 is 25.4 Å². The Morgan fingerprint density at radius 1 is 1.27 bits per heavy atom. The summed E-state index contributed by atoms with van der Waals surface area (Å²) < 4.78 is 17.4. The van der Waals surface area contributed by atoms with Crippen LogP contribution in [0.1, 0.15) is 12.5 Å². The van der Waals surface area contributed by atoms with E-state index in [-0.39, 0.29) is 12.7 Å². The summed E-state index contributed by atoms with van der Waals surface area (Å²) in [5, 5.41) is 11.2. The van der Waals surface area contributed by atoms with Gasteiger partial charge >= 0.3 is 0 Å². The molecular weight excluding hydrogens is 406 g/mol. The number of methoxy groups -OCH3 is 1. The van der Waals surface area contributed by atoms with Crippen LogP contribution in [0.3, 0.4) is 0 Å². The Labute approximate surface area is 177 Å². The average molecular weight is 427 g/mol. The van der Waals surface area contributed by atoms with Gasteiger partial charge in [0.25, 0.3) is 0 Å². The molecule has 3 N–H and O–H groups in total. The zero-order chi connectivity index (χ0) is 21.1. The second-order valence-corrected chi connectivity index (χ2v) is 7.85. The first kappa shape index (κ1) is 19.9. The summed E-state index contributed by atoms with van der Waals surface area (Å²) in [6.45, 7) is 2.38. The first-order valence-corrected chi connectivity index (χ1v) is 10.1. The number of nitrogen functional groups attached to an aromatic ring is 1. The smallest absolute Gasteiger partial charge is 0.233 e. The molecule has 0 radical (unpaired) electrons. The number of hydrogen-bond donors (Lipinski definition) is 2. The average Bonchev–Trinajstić information content (AvgIpc) is 3.38. The number of nitrogens with two attached hydrogens (primary N) is 1. The molecule has 2 aromatic carbocycles. The Morgan fingerprint density at radius 3 is 2.90 bits per heavy atom. The third-order valence-corrected chi connectivity index (χ3v) is 5.62. The Bertz CT molecular complexity index is 1070. The van der Waals surface area contributed by atoms with Gasteiger partial charge in [-0.05, 0) is 36.8 Å². The SMILES string of the molecule is COc1ccccc1-c1nnc(SC(C)C(=O)NCc2ccc3c(c2)OCO3)n1N. The molecule has 0 spiro atoms. The normalized spacial score (nSPS) is 13.1. The number of nitrogens with one attached hydrogen (secondary N) is 1. The van der Waals surface area contributed by atoms with Crippen LogP contribution in [-0.2, 0) is 11.3 Å². The van der Waals surface area contributed by atoms with E-state index >= 15 is 0 Å². The number of amides is 1. The monoisotopic (exact) mass is 427 g/mol. The third kappa shape index (κ3) is 3.99. The van der Waals surface area contributed by atoms with Crippen molar-refractivity contribution in [2.24, 2.45) is 0 Å². The van der Waals surface area contributed by atoms with Gasteiger partial charge in [0.15, 0.2) is 17.3 Å². The molecule has 4 rings (SSSR count). The Hall–Kier alpha value is -3.40. The maximum Gasteiger partial charge on any atom is 0.233 e. The molecule has 1 unspecified atom stereocenters. The van der Waals surface area contributed by atoms with Gasteiger partial charge in [-0.2, -0.15) is 0 Å². The van der Waals surface area contributed by atoms with E-state index in [0.717, 1.165) is 11.1 Å². The summed E-state index contributed by atoms with van der Waals surface area (Å²) in [5.41, 5.74) is 1.65. The minimum Gasteiger partial charge on any atom is -0.496 e. The number of fused-ring (bicyclic) bond motifs is 1. The van der Waals surface area contributed by atoms with E-state index in [1.54, 1.807) is 14.0 Å². The molecule has 0 saturated heterocycles. The Kier molecular flexibility index (Phi) is 5.66. The van der Waals surface area contributed by atoms with Gasteiger partial charge in [-0.15, -0.1) is 10.2 Å². The fraction of sp³-hybridized carbons (Fsp3) is 0.250. The van der Waals surface area contributed by atoms with Crippen LogP contribution >= 0.6 is 11.8 Å². The zero-order valence-corrected chi connectivity index (χ0v) is 17.3. The van der Waals surface area contributed by atoms with Gasteiger partial charge in [-0.3, -0.25) is 4.79 Å². The molecule has 30 heavy (non-hydrogen) atoms. The molecule has 2 heterocycles. The number of nitrogens with zero attached hydrogens (tertiary/aromatic N) is 3. The molecule has 9 nitrogen and oxygen atoms in total. The predicted octanol–water partition coefficient (Wildman–Crippen LogP) is 2.19. The number of rotatable bonds is 7. The highest BCUT2D eigenvalue weighted by Crippen LogP contribution is 2.33. The fourth-order valence-electron chi connectivity index (χ4n) is 2.97. The molecule has 1 atom stereocenters. The molecule has 1 aliphatic heterocycles. The van der Waals surface area contributed by atoms with Crippen molar-refractivity contribution in [3.63, 3.8) is 0 Å². The molecule has 0 fully saturated rings. The molecule has 1 amide bonds.